The van der Waals surface area contributed by atoms with Crippen LogP contribution in [0.3, 0.4) is 0 Å². The van der Waals surface area contributed by atoms with Crippen molar-refractivity contribution in [1.29, 1.82) is 0 Å². The first kappa shape index (κ1) is 16.3. The normalized spacial score (nSPS) is 20.8. The Morgan fingerprint density at radius 2 is 1.95 bits per heavy atom. The van der Waals surface area contributed by atoms with Gasteiger partial charge in [0.15, 0.2) is 0 Å². The molecule has 21 heavy (non-hydrogen) atoms. The van der Waals surface area contributed by atoms with Gasteiger partial charge in [0.1, 0.15) is 11.4 Å². The second-order valence-electron chi connectivity index (χ2n) is 6.22. The maximum absolute atomic E-state index is 11.1. The van der Waals surface area contributed by atoms with E-state index in [-0.39, 0.29) is 12.0 Å². The van der Waals surface area contributed by atoms with Gasteiger partial charge in [0.25, 0.3) is 0 Å². The maximum Gasteiger partial charge on any atom is 0.307 e. The number of aliphatic carboxylic acids is 1. The molecule has 0 bridgehead atoms. The first-order valence-electron chi connectivity index (χ1n) is 7.37. The van der Waals surface area contributed by atoms with Crippen LogP contribution in [0.2, 0.25) is 0 Å². The molecule has 1 aromatic rings. The van der Waals surface area contributed by atoms with Crippen molar-refractivity contribution in [3.05, 3.63) is 27.8 Å². The van der Waals surface area contributed by atoms with Crippen LogP contribution in [0, 0.1) is 20.8 Å². The molecule has 1 aliphatic heterocycles. The number of carboxylic acids is 1. The number of rotatable bonds is 4. The molecule has 0 radical (unpaired) electrons. The lowest BCUT2D eigenvalue weighted by molar-refractivity contribution is -0.136. The van der Waals surface area contributed by atoms with E-state index < -0.39 is 5.97 Å². The average Bonchev–Trinajstić information content (AvgIpc) is 2.41. The SMILES string of the molecule is Cc1c(C)c2c(c(C)c1CC(=O)O)CCC(C)(CCBr)O2. The molecule has 0 amide bonds. The third-order valence-electron chi connectivity index (χ3n) is 4.74. The molecule has 1 N–H and O–H groups in total. The quantitative estimate of drug-likeness (QED) is 0.827. The van der Waals surface area contributed by atoms with Crippen LogP contribution in [0.4, 0.5) is 0 Å². The van der Waals surface area contributed by atoms with Crippen LogP contribution in [-0.4, -0.2) is 22.0 Å². The van der Waals surface area contributed by atoms with Gasteiger partial charge in [0.05, 0.1) is 6.42 Å². The third-order valence-corrected chi connectivity index (χ3v) is 5.14. The Balaban J connectivity index is 2.51. The van der Waals surface area contributed by atoms with Crippen molar-refractivity contribution < 1.29 is 14.6 Å². The highest BCUT2D eigenvalue weighted by molar-refractivity contribution is 9.09. The molecule has 0 saturated carbocycles. The van der Waals surface area contributed by atoms with Gasteiger partial charge in [0, 0.05) is 5.33 Å². The fraction of sp³-hybridized carbons (Fsp3) is 0.588. The summed E-state index contributed by atoms with van der Waals surface area (Å²) in [5.74, 6) is 0.204. The van der Waals surface area contributed by atoms with Crippen LogP contribution < -0.4 is 4.74 Å². The van der Waals surface area contributed by atoms with Gasteiger partial charge in [-0.15, -0.1) is 0 Å². The number of benzene rings is 1. The minimum Gasteiger partial charge on any atom is -0.487 e. The summed E-state index contributed by atoms with van der Waals surface area (Å²) < 4.78 is 6.33. The minimum atomic E-state index is -0.776. The van der Waals surface area contributed by atoms with Gasteiger partial charge < -0.3 is 9.84 Å². The number of halogens is 1. The van der Waals surface area contributed by atoms with Crippen molar-refractivity contribution in [2.75, 3.05) is 5.33 Å². The van der Waals surface area contributed by atoms with E-state index in [1.165, 1.54) is 5.56 Å². The smallest absolute Gasteiger partial charge is 0.307 e. The second kappa shape index (κ2) is 5.99. The van der Waals surface area contributed by atoms with Crippen LogP contribution in [-0.2, 0) is 17.6 Å². The Morgan fingerprint density at radius 1 is 1.29 bits per heavy atom. The molecule has 0 fully saturated rings. The topological polar surface area (TPSA) is 46.5 Å². The number of hydrogen-bond donors (Lipinski definition) is 1. The lowest BCUT2D eigenvalue weighted by Crippen LogP contribution is -2.37. The summed E-state index contributed by atoms with van der Waals surface area (Å²) in [6.45, 7) is 8.23. The van der Waals surface area contributed by atoms with Crippen molar-refractivity contribution in [3.63, 3.8) is 0 Å². The molecule has 1 aromatic carbocycles. The van der Waals surface area contributed by atoms with Crippen molar-refractivity contribution in [3.8, 4) is 5.75 Å². The molecule has 1 heterocycles. The number of carboxylic acid groups (broad SMARTS) is 1. The third kappa shape index (κ3) is 3.10. The van der Waals surface area contributed by atoms with Crippen LogP contribution in [0.25, 0.3) is 0 Å². The van der Waals surface area contributed by atoms with E-state index in [0.717, 1.165) is 52.6 Å². The molecule has 0 aliphatic carbocycles. The Morgan fingerprint density at radius 3 is 2.52 bits per heavy atom. The largest absolute Gasteiger partial charge is 0.487 e. The molecule has 1 unspecified atom stereocenters. The van der Waals surface area contributed by atoms with Crippen molar-refractivity contribution in [2.45, 2.75) is 59.0 Å². The molecular weight excluding hydrogens is 332 g/mol. The summed E-state index contributed by atoms with van der Waals surface area (Å²) in [4.78, 5) is 11.1. The van der Waals surface area contributed by atoms with Gasteiger partial charge in [-0.25, -0.2) is 0 Å². The number of carbonyl (C=O) groups is 1. The van der Waals surface area contributed by atoms with Crippen molar-refractivity contribution in [2.24, 2.45) is 0 Å². The molecule has 3 nitrogen and oxygen atoms in total. The standard InChI is InChI=1S/C17H23BrO3/c1-10-11(2)16-13(12(3)14(10)9-15(19)20)5-6-17(4,21-16)7-8-18/h5-9H2,1-4H3,(H,19,20). The minimum absolute atomic E-state index is 0.0878. The van der Waals surface area contributed by atoms with E-state index >= 15 is 0 Å². The zero-order valence-electron chi connectivity index (χ0n) is 13.2. The molecule has 4 heteroatoms. The van der Waals surface area contributed by atoms with Gasteiger partial charge in [-0.1, -0.05) is 15.9 Å². The van der Waals surface area contributed by atoms with Gasteiger partial charge in [-0.05, 0) is 74.8 Å². The highest BCUT2D eigenvalue weighted by Gasteiger charge is 2.33. The Kier molecular flexibility index (Phi) is 4.66. The predicted octanol–water partition coefficient (Wildman–Crippen LogP) is 4.11. The molecule has 116 valence electrons. The fourth-order valence-electron chi connectivity index (χ4n) is 3.17. The van der Waals surface area contributed by atoms with E-state index in [2.05, 4.69) is 22.9 Å². The van der Waals surface area contributed by atoms with E-state index in [0.29, 0.717) is 0 Å². The summed E-state index contributed by atoms with van der Waals surface area (Å²) in [6.07, 6.45) is 2.99. The first-order chi connectivity index (χ1) is 9.79. The van der Waals surface area contributed by atoms with Gasteiger partial charge in [-0.3, -0.25) is 4.79 Å². The van der Waals surface area contributed by atoms with Crippen LogP contribution in [0.1, 0.15) is 47.6 Å². The monoisotopic (exact) mass is 354 g/mol. The fourth-order valence-corrected chi connectivity index (χ4v) is 4.01. The molecule has 1 aliphatic rings. The predicted molar refractivity (Wildman–Crippen MR) is 87.8 cm³/mol. The van der Waals surface area contributed by atoms with Crippen molar-refractivity contribution in [1.82, 2.24) is 0 Å². The Hall–Kier alpha value is -1.03. The van der Waals surface area contributed by atoms with Crippen LogP contribution >= 0.6 is 15.9 Å². The zero-order chi connectivity index (χ0) is 15.8. The highest BCUT2D eigenvalue weighted by Crippen LogP contribution is 2.42. The summed E-state index contributed by atoms with van der Waals surface area (Å²) in [6, 6.07) is 0. The summed E-state index contributed by atoms with van der Waals surface area (Å²) in [7, 11) is 0. The lowest BCUT2D eigenvalue weighted by atomic mass is 9.83. The van der Waals surface area contributed by atoms with Crippen LogP contribution in [0.15, 0.2) is 0 Å². The zero-order valence-corrected chi connectivity index (χ0v) is 14.8. The maximum atomic E-state index is 11.1. The molecule has 0 aromatic heterocycles. The summed E-state index contributed by atoms with van der Waals surface area (Å²) in [5, 5.41) is 10.1. The second-order valence-corrected chi connectivity index (χ2v) is 7.02. The number of hydrogen-bond acceptors (Lipinski definition) is 2. The van der Waals surface area contributed by atoms with Gasteiger partial charge in [0.2, 0.25) is 0 Å². The molecule has 0 saturated heterocycles. The number of ether oxygens (including phenoxy) is 1. The Bertz CT molecular complexity index is 580. The Labute approximate surface area is 134 Å². The van der Waals surface area contributed by atoms with E-state index in [4.69, 9.17) is 9.84 Å². The first-order valence-corrected chi connectivity index (χ1v) is 8.49. The molecule has 0 spiro atoms. The lowest BCUT2D eigenvalue weighted by Gasteiger charge is -2.38. The molecular formula is C17H23BrO3. The van der Waals surface area contributed by atoms with E-state index in [9.17, 15) is 4.79 Å². The number of fused-ring (bicyclic) bond motifs is 1. The summed E-state index contributed by atoms with van der Waals surface area (Å²) in [5.41, 5.74) is 5.25. The molecule has 1 atom stereocenters. The summed E-state index contributed by atoms with van der Waals surface area (Å²) >= 11 is 3.50. The van der Waals surface area contributed by atoms with E-state index in [1.54, 1.807) is 0 Å². The van der Waals surface area contributed by atoms with E-state index in [1.807, 2.05) is 20.8 Å². The molecule has 2 rings (SSSR count). The number of alkyl halides is 1. The average molecular weight is 355 g/mol. The van der Waals surface area contributed by atoms with Gasteiger partial charge >= 0.3 is 5.97 Å². The van der Waals surface area contributed by atoms with Crippen molar-refractivity contribution >= 4 is 21.9 Å². The van der Waals surface area contributed by atoms with Gasteiger partial charge in [-0.2, -0.15) is 0 Å². The van der Waals surface area contributed by atoms with Crippen LogP contribution in [0.5, 0.6) is 5.75 Å². The highest BCUT2D eigenvalue weighted by atomic mass is 79.9.